The molecule has 2 N–H and O–H groups in total. The average Bonchev–Trinajstić information content (AvgIpc) is 3.07. The van der Waals surface area contributed by atoms with Crippen LogP contribution in [0.15, 0.2) is 42.7 Å². The monoisotopic (exact) mass is 298 g/mol. The first-order valence-corrected chi connectivity index (χ1v) is 7.85. The second-order valence-corrected chi connectivity index (χ2v) is 5.71. The van der Waals surface area contributed by atoms with Gasteiger partial charge < -0.3 is 10.6 Å². The van der Waals surface area contributed by atoms with Crippen molar-refractivity contribution < 1.29 is 4.79 Å². The molecule has 0 radical (unpaired) electrons. The van der Waals surface area contributed by atoms with Crippen LogP contribution in [0.25, 0.3) is 0 Å². The van der Waals surface area contributed by atoms with Crippen LogP contribution < -0.4 is 10.6 Å². The van der Waals surface area contributed by atoms with Gasteiger partial charge in [0, 0.05) is 24.9 Å². The largest absolute Gasteiger partial charge is 0.352 e. The lowest BCUT2D eigenvalue weighted by atomic mass is 9.97. The Labute approximate surface area is 130 Å². The van der Waals surface area contributed by atoms with E-state index in [1.54, 1.807) is 6.20 Å². The fourth-order valence-electron chi connectivity index (χ4n) is 2.86. The minimum Gasteiger partial charge on any atom is -0.352 e. The van der Waals surface area contributed by atoms with Crippen molar-refractivity contribution in [3.05, 3.63) is 53.9 Å². The van der Waals surface area contributed by atoms with Crippen LogP contribution in [-0.4, -0.2) is 28.8 Å². The fraction of sp³-hybridized carbons (Fsp3) is 0.412. The summed E-state index contributed by atoms with van der Waals surface area (Å²) >= 11 is 0. The number of hydrogen-bond donors (Lipinski definition) is 2. The van der Waals surface area contributed by atoms with Gasteiger partial charge in [-0.3, -0.25) is 9.48 Å². The van der Waals surface area contributed by atoms with Gasteiger partial charge >= 0.3 is 0 Å². The van der Waals surface area contributed by atoms with E-state index in [2.05, 4.69) is 27.9 Å². The summed E-state index contributed by atoms with van der Waals surface area (Å²) in [5, 5.41) is 10.6. The first kappa shape index (κ1) is 14.8. The third-order valence-corrected chi connectivity index (χ3v) is 4.17. The molecule has 22 heavy (non-hydrogen) atoms. The Morgan fingerprint density at radius 3 is 2.73 bits per heavy atom. The third kappa shape index (κ3) is 3.74. The third-order valence-electron chi connectivity index (χ3n) is 4.17. The van der Waals surface area contributed by atoms with Crippen molar-refractivity contribution in [3.8, 4) is 0 Å². The molecule has 1 aromatic carbocycles. The maximum atomic E-state index is 12.2. The molecule has 2 heterocycles. The molecule has 1 amide bonds. The van der Waals surface area contributed by atoms with Gasteiger partial charge in [0.2, 0.25) is 5.91 Å². The van der Waals surface area contributed by atoms with Gasteiger partial charge in [-0.25, -0.2) is 0 Å². The maximum absolute atomic E-state index is 12.2. The van der Waals surface area contributed by atoms with Gasteiger partial charge in [0.25, 0.3) is 0 Å². The standard InChI is InChI=1S/C17H22N4O/c22-17(14-6-9-18-10-7-14)19-12-15-4-1-2-5-16(15)13-21-11-3-8-20-21/h1-5,8,11,14,18H,6-7,9-10,12-13H2,(H,19,22). The van der Waals surface area contributed by atoms with E-state index in [4.69, 9.17) is 0 Å². The van der Waals surface area contributed by atoms with Crippen LogP contribution in [0.2, 0.25) is 0 Å². The zero-order valence-corrected chi connectivity index (χ0v) is 12.7. The molecule has 0 aliphatic carbocycles. The summed E-state index contributed by atoms with van der Waals surface area (Å²) in [6, 6.07) is 10.1. The molecule has 5 heteroatoms. The van der Waals surface area contributed by atoms with Gasteiger partial charge in [0.15, 0.2) is 0 Å². The molecule has 1 saturated heterocycles. The van der Waals surface area contributed by atoms with Gasteiger partial charge in [-0.1, -0.05) is 24.3 Å². The molecular formula is C17H22N4O. The highest BCUT2D eigenvalue weighted by Crippen LogP contribution is 2.13. The van der Waals surface area contributed by atoms with E-state index >= 15 is 0 Å². The molecular weight excluding hydrogens is 276 g/mol. The fourth-order valence-corrected chi connectivity index (χ4v) is 2.86. The molecule has 0 unspecified atom stereocenters. The highest BCUT2D eigenvalue weighted by Gasteiger charge is 2.20. The molecule has 5 nitrogen and oxygen atoms in total. The van der Waals surface area contributed by atoms with Gasteiger partial charge in [0.1, 0.15) is 0 Å². The Morgan fingerprint density at radius 1 is 1.23 bits per heavy atom. The number of piperidine rings is 1. The van der Waals surface area contributed by atoms with E-state index < -0.39 is 0 Å². The smallest absolute Gasteiger partial charge is 0.223 e. The SMILES string of the molecule is O=C(NCc1ccccc1Cn1cccn1)C1CCNCC1. The van der Waals surface area contributed by atoms with Crippen molar-refractivity contribution in [2.24, 2.45) is 5.92 Å². The minimum absolute atomic E-state index is 0.152. The van der Waals surface area contributed by atoms with Crippen molar-refractivity contribution in [2.45, 2.75) is 25.9 Å². The highest BCUT2D eigenvalue weighted by atomic mass is 16.1. The second kappa shape index (κ2) is 7.22. The molecule has 2 aromatic rings. The first-order chi connectivity index (χ1) is 10.8. The molecule has 0 saturated carbocycles. The Balaban J connectivity index is 1.61. The van der Waals surface area contributed by atoms with Crippen LogP contribution >= 0.6 is 0 Å². The number of rotatable bonds is 5. The van der Waals surface area contributed by atoms with Gasteiger partial charge in [-0.2, -0.15) is 5.10 Å². The van der Waals surface area contributed by atoms with E-state index in [1.165, 1.54) is 5.56 Å². The van der Waals surface area contributed by atoms with Crippen LogP contribution in [0.1, 0.15) is 24.0 Å². The van der Waals surface area contributed by atoms with Crippen LogP contribution in [0.4, 0.5) is 0 Å². The summed E-state index contributed by atoms with van der Waals surface area (Å²) in [5.41, 5.74) is 2.34. The minimum atomic E-state index is 0.152. The molecule has 0 bridgehead atoms. The Kier molecular flexibility index (Phi) is 4.85. The van der Waals surface area contributed by atoms with Gasteiger partial charge in [-0.05, 0) is 43.1 Å². The molecule has 0 spiro atoms. The molecule has 0 atom stereocenters. The number of hydrogen-bond acceptors (Lipinski definition) is 3. The summed E-state index contributed by atoms with van der Waals surface area (Å²) < 4.78 is 1.90. The first-order valence-electron chi connectivity index (χ1n) is 7.85. The molecule has 1 fully saturated rings. The van der Waals surface area contributed by atoms with Crippen LogP contribution in [0, 0.1) is 5.92 Å². The number of benzene rings is 1. The van der Waals surface area contributed by atoms with Crippen molar-refractivity contribution in [1.82, 2.24) is 20.4 Å². The number of amides is 1. The lowest BCUT2D eigenvalue weighted by Crippen LogP contribution is -2.38. The van der Waals surface area contributed by atoms with E-state index in [0.717, 1.165) is 38.0 Å². The predicted octanol–water partition coefficient (Wildman–Crippen LogP) is 1.55. The maximum Gasteiger partial charge on any atom is 0.223 e. The summed E-state index contributed by atoms with van der Waals surface area (Å²) in [6.45, 7) is 3.19. The second-order valence-electron chi connectivity index (χ2n) is 5.71. The van der Waals surface area contributed by atoms with E-state index in [1.807, 2.05) is 29.1 Å². The van der Waals surface area contributed by atoms with Crippen molar-refractivity contribution in [3.63, 3.8) is 0 Å². The zero-order chi connectivity index (χ0) is 15.2. The summed E-state index contributed by atoms with van der Waals surface area (Å²) in [7, 11) is 0. The number of carbonyl (C=O) groups excluding carboxylic acids is 1. The molecule has 116 valence electrons. The van der Waals surface area contributed by atoms with Gasteiger partial charge in [0.05, 0.1) is 6.54 Å². The summed E-state index contributed by atoms with van der Waals surface area (Å²) in [6.07, 6.45) is 5.59. The quantitative estimate of drug-likeness (QED) is 0.880. The van der Waals surface area contributed by atoms with Crippen LogP contribution in [0.3, 0.4) is 0 Å². The van der Waals surface area contributed by atoms with E-state index in [0.29, 0.717) is 6.54 Å². The zero-order valence-electron chi connectivity index (χ0n) is 12.7. The Morgan fingerprint density at radius 2 is 2.00 bits per heavy atom. The summed E-state index contributed by atoms with van der Waals surface area (Å²) in [5.74, 6) is 0.329. The molecule has 3 rings (SSSR count). The average molecular weight is 298 g/mol. The number of carbonyl (C=O) groups is 1. The lowest BCUT2D eigenvalue weighted by Gasteiger charge is -2.22. The predicted molar refractivity (Wildman–Crippen MR) is 85.2 cm³/mol. The van der Waals surface area contributed by atoms with E-state index in [9.17, 15) is 4.79 Å². The summed E-state index contributed by atoms with van der Waals surface area (Å²) in [4.78, 5) is 12.2. The highest BCUT2D eigenvalue weighted by molar-refractivity contribution is 5.78. The van der Waals surface area contributed by atoms with Gasteiger partial charge in [-0.15, -0.1) is 0 Å². The van der Waals surface area contributed by atoms with Crippen molar-refractivity contribution in [1.29, 1.82) is 0 Å². The van der Waals surface area contributed by atoms with Crippen LogP contribution in [0.5, 0.6) is 0 Å². The number of aromatic nitrogens is 2. The molecule has 1 aliphatic heterocycles. The Bertz CT molecular complexity index is 603. The number of nitrogens with zero attached hydrogens (tertiary/aromatic N) is 2. The lowest BCUT2D eigenvalue weighted by molar-refractivity contribution is -0.125. The Hall–Kier alpha value is -2.14. The van der Waals surface area contributed by atoms with Crippen LogP contribution in [-0.2, 0) is 17.9 Å². The van der Waals surface area contributed by atoms with Crippen molar-refractivity contribution >= 4 is 5.91 Å². The van der Waals surface area contributed by atoms with E-state index in [-0.39, 0.29) is 11.8 Å². The topological polar surface area (TPSA) is 59.0 Å². The molecule has 1 aliphatic rings. The normalized spacial score (nSPS) is 15.6. The number of nitrogens with one attached hydrogen (secondary N) is 2. The van der Waals surface area contributed by atoms with Crippen molar-refractivity contribution in [2.75, 3.05) is 13.1 Å². The molecule has 1 aromatic heterocycles.